The second-order valence-electron chi connectivity index (χ2n) is 2.95. The number of hydrogen-bond acceptors (Lipinski definition) is 4. The van der Waals surface area contributed by atoms with Gasteiger partial charge in [-0.05, 0) is 6.42 Å². The van der Waals surface area contributed by atoms with E-state index in [0.717, 1.165) is 0 Å². The Labute approximate surface area is 65.4 Å². The van der Waals surface area contributed by atoms with Gasteiger partial charge in [0.25, 0.3) is 0 Å². The molecule has 0 amide bonds. The minimum absolute atomic E-state index is 0.00546. The second kappa shape index (κ2) is 3.06. The smallest absolute Gasteiger partial charge is 0.167 e. The molecule has 1 heterocycles. The topological polar surface area (TPSA) is 69.9 Å². The minimum Gasteiger partial charge on any atom is -0.390 e. The van der Waals surface area contributed by atoms with Gasteiger partial charge >= 0.3 is 0 Å². The van der Waals surface area contributed by atoms with Crippen molar-refractivity contribution in [3.05, 3.63) is 0 Å². The maximum atomic E-state index is 9.47. The van der Waals surface area contributed by atoms with Crippen molar-refractivity contribution in [2.75, 3.05) is 6.61 Å². The van der Waals surface area contributed by atoms with Crippen LogP contribution in [0.4, 0.5) is 0 Å². The normalized spacial score (nSPS) is 45.8. The second-order valence-corrected chi connectivity index (χ2v) is 2.95. The molecule has 1 rings (SSSR count). The van der Waals surface area contributed by atoms with Gasteiger partial charge in [0.05, 0.1) is 12.7 Å². The van der Waals surface area contributed by atoms with E-state index < -0.39 is 18.0 Å². The Balaban J connectivity index is 2.51. The zero-order valence-corrected chi connectivity index (χ0v) is 6.53. The molecule has 1 fully saturated rings. The summed E-state index contributed by atoms with van der Waals surface area (Å²) in [6.07, 6.45) is -1.21. The highest BCUT2D eigenvalue weighted by Gasteiger charge is 2.37. The van der Waals surface area contributed by atoms with E-state index in [9.17, 15) is 5.11 Å². The molecule has 4 nitrogen and oxygen atoms in total. The summed E-state index contributed by atoms with van der Waals surface area (Å²) in [6, 6.07) is 0. The van der Waals surface area contributed by atoms with Gasteiger partial charge < -0.3 is 20.1 Å². The lowest BCUT2D eigenvalue weighted by molar-refractivity contribution is -0.270. The van der Waals surface area contributed by atoms with Crippen LogP contribution in [0.15, 0.2) is 0 Å². The molecule has 0 aromatic heterocycles. The van der Waals surface area contributed by atoms with E-state index >= 15 is 0 Å². The predicted molar refractivity (Wildman–Crippen MR) is 37.8 cm³/mol. The molecule has 66 valence electrons. The van der Waals surface area contributed by atoms with Crippen LogP contribution in [-0.2, 0) is 4.74 Å². The highest BCUT2D eigenvalue weighted by Crippen LogP contribution is 2.25. The van der Waals surface area contributed by atoms with Crippen LogP contribution in [0.2, 0.25) is 0 Å². The van der Waals surface area contributed by atoms with E-state index in [1.165, 1.54) is 0 Å². The van der Waals surface area contributed by atoms with Crippen molar-refractivity contribution in [2.45, 2.75) is 37.8 Å². The van der Waals surface area contributed by atoms with Crippen LogP contribution in [0.3, 0.4) is 0 Å². The van der Waals surface area contributed by atoms with Gasteiger partial charge in [-0.3, -0.25) is 0 Å². The fourth-order valence-electron chi connectivity index (χ4n) is 1.12. The summed E-state index contributed by atoms with van der Waals surface area (Å²) in [5, 5.41) is 27.6. The van der Waals surface area contributed by atoms with Crippen molar-refractivity contribution in [1.82, 2.24) is 0 Å². The summed E-state index contributed by atoms with van der Waals surface area (Å²) in [4.78, 5) is 0. The van der Waals surface area contributed by atoms with Crippen LogP contribution in [0.5, 0.6) is 0 Å². The van der Waals surface area contributed by atoms with E-state index in [0.29, 0.717) is 6.42 Å². The maximum Gasteiger partial charge on any atom is 0.167 e. The van der Waals surface area contributed by atoms with Crippen LogP contribution in [0, 0.1) is 0 Å². The molecule has 0 aromatic rings. The van der Waals surface area contributed by atoms with Gasteiger partial charge in [-0.2, -0.15) is 0 Å². The SMILES string of the molecule is CCC1(O)CC(O)C(O)CO1. The van der Waals surface area contributed by atoms with Gasteiger partial charge in [-0.25, -0.2) is 0 Å². The molecule has 4 heteroatoms. The Morgan fingerprint density at radius 3 is 2.55 bits per heavy atom. The number of ether oxygens (including phenoxy) is 1. The Bertz CT molecular complexity index is 138. The predicted octanol–water partition coefficient (Wildman–Crippen LogP) is -0.773. The third-order valence-electron chi connectivity index (χ3n) is 2.05. The third-order valence-corrected chi connectivity index (χ3v) is 2.05. The van der Waals surface area contributed by atoms with Gasteiger partial charge in [0.1, 0.15) is 6.10 Å². The third kappa shape index (κ3) is 1.90. The molecule has 0 aliphatic carbocycles. The molecule has 1 aliphatic rings. The number of hydrogen-bond donors (Lipinski definition) is 3. The molecule has 0 spiro atoms. The number of aliphatic hydroxyl groups is 3. The fourth-order valence-corrected chi connectivity index (χ4v) is 1.12. The Hall–Kier alpha value is -0.160. The first-order valence-corrected chi connectivity index (χ1v) is 3.80. The minimum atomic E-state index is -1.24. The first-order valence-electron chi connectivity index (χ1n) is 3.80. The molecule has 0 bridgehead atoms. The van der Waals surface area contributed by atoms with Gasteiger partial charge in [0.15, 0.2) is 5.79 Å². The molecule has 3 atom stereocenters. The zero-order chi connectivity index (χ0) is 8.48. The molecule has 3 unspecified atom stereocenters. The van der Waals surface area contributed by atoms with Crippen molar-refractivity contribution in [2.24, 2.45) is 0 Å². The fraction of sp³-hybridized carbons (Fsp3) is 1.00. The quantitative estimate of drug-likeness (QED) is 0.473. The summed E-state index contributed by atoms with van der Waals surface area (Å²) in [5.74, 6) is -1.24. The van der Waals surface area contributed by atoms with E-state index in [4.69, 9.17) is 14.9 Å². The highest BCUT2D eigenvalue weighted by atomic mass is 16.6. The first-order chi connectivity index (χ1) is 5.07. The summed E-state index contributed by atoms with van der Waals surface area (Å²) in [5.41, 5.74) is 0. The number of rotatable bonds is 1. The van der Waals surface area contributed by atoms with Crippen molar-refractivity contribution in [1.29, 1.82) is 0 Å². The van der Waals surface area contributed by atoms with Crippen LogP contribution in [0.1, 0.15) is 19.8 Å². The first kappa shape index (κ1) is 8.93. The van der Waals surface area contributed by atoms with E-state index in [2.05, 4.69) is 0 Å². The summed E-state index contributed by atoms with van der Waals surface area (Å²) in [6.45, 7) is 1.77. The van der Waals surface area contributed by atoms with E-state index in [1.54, 1.807) is 6.92 Å². The summed E-state index contributed by atoms with van der Waals surface area (Å²) >= 11 is 0. The van der Waals surface area contributed by atoms with E-state index in [-0.39, 0.29) is 13.0 Å². The molecule has 0 saturated carbocycles. The molecule has 11 heavy (non-hydrogen) atoms. The maximum absolute atomic E-state index is 9.47. The van der Waals surface area contributed by atoms with Gasteiger partial charge in [-0.1, -0.05) is 6.92 Å². The lowest BCUT2D eigenvalue weighted by Crippen LogP contribution is -2.48. The van der Waals surface area contributed by atoms with Crippen molar-refractivity contribution in [3.63, 3.8) is 0 Å². The van der Waals surface area contributed by atoms with Crippen molar-refractivity contribution < 1.29 is 20.1 Å². The lowest BCUT2D eigenvalue weighted by Gasteiger charge is -2.36. The highest BCUT2D eigenvalue weighted by molar-refractivity contribution is 4.81. The van der Waals surface area contributed by atoms with Gasteiger partial charge in [0, 0.05) is 6.42 Å². The Morgan fingerprint density at radius 2 is 2.09 bits per heavy atom. The van der Waals surface area contributed by atoms with Crippen LogP contribution in [0.25, 0.3) is 0 Å². The Morgan fingerprint density at radius 1 is 1.45 bits per heavy atom. The average Bonchev–Trinajstić information content (AvgIpc) is 1.98. The number of aliphatic hydroxyl groups excluding tert-OH is 2. The van der Waals surface area contributed by atoms with Crippen LogP contribution in [-0.4, -0.2) is 39.9 Å². The van der Waals surface area contributed by atoms with Crippen molar-refractivity contribution in [3.8, 4) is 0 Å². The summed E-state index contributed by atoms with van der Waals surface area (Å²) < 4.78 is 4.94. The molecular formula is C7H14O4. The molecule has 1 saturated heterocycles. The van der Waals surface area contributed by atoms with Gasteiger partial charge in [-0.15, -0.1) is 0 Å². The van der Waals surface area contributed by atoms with Gasteiger partial charge in [0.2, 0.25) is 0 Å². The largest absolute Gasteiger partial charge is 0.390 e. The standard InChI is InChI=1S/C7H14O4/c1-2-7(10)3-5(8)6(9)4-11-7/h5-6,8-10H,2-4H2,1H3. The van der Waals surface area contributed by atoms with Crippen LogP contribution >= 0.6 is 0 Å². The molecule has 1 aliphatic heterocycles. The van der Waals surface area contributed by atoms with Crippen LogP contribution < -0.4 is 0 Å². The molecular weight excluding hydrogens is 148 g/mol. The summed E-state index contributed by atoms with van der Waals surface area (Å²) in [7, 11) is 0. The zero-order valence-electron chi connectivity index (χ0n) is 6.53. The molecule has 0 aromatic carbocycles. The lowest BCUT2D eigenvalue weighted by atomic mass is 9.99. The molecule has 0 radical (unpaired) electrons. The molecule has 3 N–H and O–H groups in total. The van der Waals surface area contributed by atoms with Crippen molar-refractivity contribution >= 4 is 0 Å². The monoisotopic (exact) mass is 162 g/mol. The average molecular weight is 162 g/mol. The Kier molecular flexibility index (Phi) is 2.49. The van der Waals surface area contributed by atoms with E-state index in [1.807, 2.05) is 0 Å².